The van der Waals surface area contributed by atoms with E-state index in [0.29, 0.717) is 17.9 Å². The highest BCUT2D eigenvalue weighted by atomic mass is 32.2. The summed E-state index contributed by atoms with van der Waals surface area (Å²) in [5.41, 5.74) is 2.09. The first-order chi connectivity index (χ1) is 12.5. The molecule has 3 rings (SSSR count). The minimum Gasteiger partial charge on any atom is -0.497 e. The molecule has 1 aliphatic heterocycles. The Balaban J connectivity index is 1.53. The Kier molecular flexibility index (Phi) is 5.58. The molecule has 2 aromatic rings. The van der Waals surface area contributed by atoms with Gasteiger partial charge in [0.1, 0.15) is 18.1 Å². The second kappa shape index (κ2) is 8.05. The number of benzene rings is 2. The van der Waals surface area contributed by atoms with E-state index >= 15 is 0 Å². The van der Waals surface area contributed by atoms with Gasteiger partial charge in [-0.1, -0.05) is 23.9 Å². The maximum atomic E-state index is 11.6. The van der Waals surface area contributed by atoms with Crippen LogP contribution in [0.4, 0.5) is 4.79 Å². The molecule has 1 atom stereocenters. The van der Waals surface area contributed by atoms with Crippen molar-refractivity contribution < 1.29 is 19.1 Å². The van der Waals surface area contributed by atoms with Crippen molar-refractivity contribution >= 4 is 28.6 Å². The van der Waals surface area contributed by atoms with Crippen molar-refractivity contribution in [2.45, 2.75) is 11.7 Å². The third-order valence-corrected chi connectivity index (χ3v) is 4.91. The molecule has 1 fully saturated rings. The average Bonchev–Trinajstić information content (AvgIpc) is 2.98. The van der Waals surface area contributed by atoms with Gasteiger partial charge in [0.05, 0.1) is 18.1 Å². The van der Waals surface area contributed by atoms with E-state index in [4.69, 9.17) is 14.9 Å². The minimum absolute atomic E-state index is 0.154. The van der Waals surface area contributed by atoms with Gasteiger partial charge in [-0.25, -0.2) is 0 Å². The van der Waals surface area contributed by atoms with Gasteiger partial charge in [-0.2, -0.15) is 0 Å². The zero-order chi connectivity index (χ0) is 18.5. The van der Waals surface area contributed by atoms with Crippen molar-refractivity contribution in [2.24, 2.45) is 0 Å². The molecule has 0 bridgehead atoms. The normalized spacial score (nSPS) is 16.3. The van der Waals surface area contributed by atoms with Crippen molar-refractivity contribution in [1.29, 1.82) is 5.41 Å². The molecular formula is C19H18N2O4S. The molecule has 1 saturated heterocycles. The molecule has 0 spiro atoms. The highest BCUT2D eigenvalue weighted by Crippen LogP contribution is 2.24. The highest BCUT2D eigenvalue weighted by molar-refractivity contribution is 8.15. The van der Waals surface area contributed by atoms with Gasteiger partial charge in [-0.05, 0) is 53.9 Å². The van der Waals surface area contributed by atoms with Crippen molar-refractivity contribution in [1.82, 2.24) is 5.32 Å². The molecular weight excluding hydrogens is 352 g/mol. The molecule has 0 saturated carbocycles. The van der Waals surface area contributed by atoms with Crippen molar-refractivity contribution in [2.75, 3.05) is 13.7 Å². The van der Waals surface area contributed by atoms with Crippen molar-refractivity contribution in [3.63, 3.8) is 0 Å². The molecule has 0 aromatic heterocycles. The Morgan fingerprint density at radius 2 is 1.73 bits per heavy atom. The van der Waals surface area contributed by atoms with Gasteiger partial charge in [-0.3, -0.25) is 14.9 Å². The summed E-state index contributed by atoms with van der Waals surface area (Å²) in [6.07, 6.45) is 0.490. The lowest BCUT2D eigenvalue weighted by Crippen LogP contribution is -2.25. The Hall–Kier alpha value is -2.80. The number of thioether (sulfide) groups is 1. The maximum absolute atomic E-state index is 11.6. The van der Waals surface area contributed by atoms with Crippen LogP contribution in [-0.2, 0) is 11.2 Å². The number of carbonyl (C=O) groups is 2. The highest BCUT2D eigenvalue weighted by Gasteiger charge is 2.31. The van der Waals surface area contributed by atoms with Gasteiger partial charge < -0.3 is 14.9 Å². The molecule has 2 amide bonds. The summed E-state index contributed by atoms with van der Waals surface area (Å²) in [6.45, 7) is 0.154. The number of amides is 2. The summed E-state index contributed by atoms with van der Waals surface area (Å²) in [6, 6.07) is 14.6. The number of hydrogen-bond acceptors (Lipinski definition) is 6. The summed E-state index contributed by atoms with van der Waals surface area (Å²) in [4.78, 5) is 22.8. The van der Waals surface area contributed by atoms with Crippen LogP contribution in [0.1, 0.15) is 11.1 Å². The van der Waals surface area contributed by atoms with E-state index in [1.807, 2.05) is 24.3 Å². The van der Waals surface area contributed by atoms with Crippen LogP contribution in [0.3, 0.4) is 0 Å². The average molecular weight is 370 g/mol. The number of methoxy groups -OCH3 is 1. The fraction of sp³-hybridized carbons (Fsp3) is 0.211. The number of imide groups is 1. The Morgan fingerprint density at radius 1 is 1.08 bits per heavy atom. The fourth-order valence-corrected chi connectivity index (χ4v) is 3.35. The summed E-state index contributed by atoms with van der Waals surface area (Å²) < 4.78 is 10.8. The Labute approximate surface area is 155 Å². The molecule has 134 valence electrons. The standard InChI is InChI=1S/C19H18N2O4S/c1-24-14-8-4-13(5-9-14)16(20)11-25-15-6-2-12(3-7-15)10-17-18(22)21-19(23)26-17/h2-9,17,20H,10-11H2,1H3,(H,21,22,23). The van der Waals surface area contributed by atoms with Crippen LogP contribution in [0.25, 0.3) is 0 Å². The predicted molar refractivity (Wildman–Crippen MR) is 100 cm³/mol. The molecule has 1 unspecified atom stereocenters. The Bertz CT molecular complexity index is 818. The maximum Gasteiger partial charge on any atom is 0.286 e. The van der Waals surface area contributed by atoms with Crippen LogP contribution in [0.15, 0.2) is 48.5 Å². The number of hydrogen-bond donors (Lipinski definition) is 2. The van der Waals surface area contributed by atoms with E-state index in [-0.39, 0.29) is 23.0 Å². The summed E-state index contributed by atoms with van der Waals surface area (Å²) in [5, 5.41) is 9.71. The van der Waals surface area contributed by atoms with Gasteiger partial charge in [0.2, 0.25) is 5.91 Å². The minimum atomic E-state index is -0.377. The lowest BCUT2D eigenvalue weighted by molar-refractivity contribution is -0.118. The largest absolute Gasteiger partial charge is 0.497 e. The topological polar surface area (TPSA) is 88.5 Å². The van der Waals surface area contributed by atoms with Crippen molar-refractivity contribution in [3.8, 4) is 11.5 Å². The van der Waals surface area contributed by atoms with E-state index in [0.717, 1.165) is 28.6 Å². The first-order valence-corrected chi connectivity index (χ1v) is 8.88. The first kappa shape index (κ1) is 18.0. The first-order valence-electron chi connectivity index (χ1n) is 8.00. The zero-order valence-corrected chi connectivity index (χ0v) is 15.0. The molecule has 7 heteroatoms. The van der Waals surface area contributed by atoms with Crippen LogP contribution in [0, 0.1) is 5.41 Å². The fourth-order valence-electron chi connectivity index (χ4n) is 2.49. The molecule has 6 nitrogen and oxygen atoms in total. The van der Waals surface area contributed by atoms with E-state index in [1.165, 1.54) is 0 Å². The second-order valence-corrected chi connectivity index (χ2v) is 6.90. The van der Waals surface area contributed by atoms with E-state index in [2.05, 4.69) is 5.32 Å². The monoisotopic (exact) mass is 370 g/mol. The van der Waals surface area contributed by atoms with Crippen LogP contribution >= 0.6 is 11.8 Å². The quantitative estimate of drug-likeness (QED) is 0.732. The number of nitrogens with one attached hydrogen (secondary N) is 2. The molecule has 2 aromatic carbocycles. The van der Waals surface area contributed by atoms with Crippen LogP contribution < -0.4 is 14.8 Å². The third kappa shape index (κ3) is 4.43. The van der Waals surface area contributed by atoms with E-state index in [1.54, 1.807) is 31.4 Å². The van der Waals surface area contributed by atoms with E-state index in [9.17, 15) is 9.59 Å². The molecule has 26 heavy (non-hydrogen) atoms. The second-order valence-electron chi connectivity index (χ2n) is 5.73. The van der Waals surface area contributed by atoms with Crippen molar-refractivity contribution in [3.05, 3.63) is 59.7 Å². The predicted octanol–water partition coefficient (Wildman–Crippen LogP) is 3.04. The SMILES string of the molecule is COc1ccc(C(=N)COc2ccc(CC3SC(=O)NC3=O)cc2)cc1. The van der Waals surface area contributed by atoms with Gasteiger partial charge in [0, 0.05) is 0 Å². The lowest BCUT2D eigenvalue weighted by atomic mass is 10.1. The van der Waals surface area contributed by atoms with E-state index < -0.39 is 0 Å². The van der Waals surface area contributed by atoms with Gasteiger partial charge in [-0.15, -0.1) is 0 Å². The third-order valence-electron chi connectivity index (χ3n) is 3.93. The number of carbonyl (C=O) groups excluding carboxylic acids is 2. The molecule has 1 aliphatic rings. The number of rotatable bonds is 7. The smallest absolute Gasteiger partial charge is 0.286 e. The van der Waals surface area contributed by atoms with Gasteiger partial charge in [0.15, 0.2) is 0 Å². The molecule has 2 N–H and O–H groups in total. The summed E-state index contributed by atoms with van der Waals surface area (Å²) in [5.74, 6) is 1.15. The van der Waals surface area contributed by atoms with Gasteiger partial charge in [0.25, 0.3) is 5.24 Å². The van der Waals surface area contributed by atoms with Crippen LogP contribution in [0.2, 0.25) is 0 Å². The molecule has 1 heterocycles. The lowest BCUT2D eigenvalue weighted by Gasteiger charge is -2.10. The van der Waals surface area contributed by atoms with Crippen LogP contribution in [-0.4, -0.2) is 35.8 Å². The Morgan fingerprint density at radius 3 is 2.31 bits per heavy atom. The zero-order valence-electron chi connectivity index (χ0n) is 14.2. The molecule has 0 radical (unpaired) electrons. The summed E-state index contributed by atoms with van der Waals surface area (Å²) in [7, 11) is 1.60. The number of ether oxygens (including phenoxy) is 2. The summed E-state index contributed by atoms with van der Waals surface area (Å²) >= 11 is 1.02. The van der Waals surface area contributed by atoms with Gasteiger partial charge >= 0.3 is 0 Å². The van der Waals surface area contributed by atoms with Crippen LogP contribution in [0.5, 0.6) is 11.5 Å². The molecule has 0 aliphatic carbocycles.